The zero-order chi connectivity index (χ0) is 12.3. The van der Waals surface area contributed by atoms with Crippen LogP contribution in [-0.2, 0) is 4.74 Å². The molecule has 0 saturated heterocycles. The van der Waals surface area contributed by atoms with Crippen molar-refractivity contribution in [3.05, 3.63) is 42.4 Å². The molecule has 0 aliphatic heterocycles. The Balaban J connectivity index is 2.40. The van der Waals surface area contributed by atoms with E-state index < -0.39 is 5.97 Å². The molecule has 1 N–H and O–H groups in total. The van der Waals surface area contributed by atoms with Crippen molar-refractivity contribution in [3.8, 4) is 16.9 Å². The molecular formula is C13H12O4. The average molecular weight is 232 g/mol. The van der Waals surface area contributed by atoms with E-state index in [2.05, 4.69) is 0 Å². The molecule has 17 heavy (non-hydrogen) atoms. The van der Waals surface area contributed by atoms with Gasteiger partial charge < -0.3 is 14.3 Å². The molecule has 0 spiro atoms. The Bertz CT molecular complexity index is 528. The molecule has 0 atom stereocenters. The molecule has 4 heteroatoms. The van der Waals surface area contributed by atoms with Gasteiger partial charge in [0.15, 0.2) is 0 Å². The molecule has 0 bridgehead atoms. The minimum absolute atomic E-state index is 0.138. The number of carbonyl (C=O) groups excluding carboxylic acids is 1. The number of rotatable bonds is 3. The first-order valence-corrected chi connectivity index (χ1v) is 5.26. The van der Waals surface area contributed by atoms with Crippen molar-refractivity contribution in [2.45, 2.75) is 6.92 Å². The molecule has 0 amide bonds. The highest BCUT2D eigenvalue weighted by Crippen LogP contribution is 2.27. The minimum Gasteiger partial charge on any atom is -0.508 e. The van der Waals surface area contributed by atoms with Crippen LogP contribution >= 0.6 is 0 Å². The molecule has 1 aromatic carbocycles. The van der Waals surface area contributed by atoms with E-state index in [9.17, 15) is 9.90 Å². The predicted molar refractivity (Wildman–Crippen MR) is 61.8 cm³/mol. The van der Waals surface area contributed by atoms with Gasteiger partial charge in [-0.3, -0.25) is 0 Å². The Morgan fingerprint density at radius 3 is 2.94 bits per heavy atom. The lowest BCUT2D eigenvalue weighted by Gasteiger charge is -2.03. The van der Waals surface area contributed by atoms with Crippen LogP contribution in [-0.4, -0.2) is 17.7 Å². The van der Waals surface area contributed by atoms with Crippen LogP contribution in [0.1, 0.15) is 17.5 Å². The standard InChI is InChI=1S/C13H12O4/c1-2-16-13(15)12-11(6-7-17-12)9-4-3-5-10(14)8-9/h3-8,14H,2H2,1H3. The van der Waals surface area contributed by atoms with Gasteiger partial charge in [-0.15, -0.1) is 0 Å². The topological polar surface area (TPSA) is 59.7 Å². The maximum absolute atomic E-state index is 11.6. The number of ether oxygens (including phenoxy) is 1. The summed E-state index contributed by atoms with van der Waals surface area (Å²) >= 11 is 0. The first-order valence-electron chi connectivity index (χ1n) is 5.26. The predicted octanol–water partition coefficient (Wildman–Crippen LogP) is 2.83. The minimum atomic E-state index is -0.504. The summed E-state index contributed by atoms with van der Waals surface area (Å²) in [6.45, 7) is 2.02. The Morgan fingerprint density at radius 1 is 1.41 bits per heavy atom. The largest absolute Gasteiger partial charge is 0.508 e. The van der Waals surface area contributed by atoms with Crippen molar-refractivity contribution >= 4 is 5.97 Å². The summed E-state index contributed by atoms with van der Waals surface area (Å²) in [6.07, 6.45) is 1.42. The summed E-state index contributed by atoms with van der Waals surface area (Å²) in [5.41, 5.74) is 1.32. The zero-order valence-corrected chi connectivity index (χ0v) is 9.34. The third kappa shape index (κ3) is 2.30. The van der Waals surface area contributed by atoms with Gasteiger partial charge in [-0.1, -0.05) is 12.1 Å². The molecule has 0 fully saturated rings. The van der Waals surface area contributed by atoms with Crippen LogP contribution in [0.2, 0.25) is 0 Å². The van der Waals surface area contributed by atoms with Gasteiger partial charge in [-0.2, -0.15) is 0 Å². The third-order valence-corrected chi connectivity index (χ3v) is 2.28. The number of esters is 1. The highest BCUT2D eigenvalue weighted by molar-refractivity contribution is 5.94. The average Bonchev–Trinajstić information content (AvgIpc) is 2.78. The van der Waals surface area contributed by atoms with Crippen LogP contribution in [0.25, 0.3) is 11.1 Å². The van der Waals surface area contributed by atoms with E-state index >= 15 is 0 Å². The molecule has 0 aliphatic carbocycles. The first-order chi connectivity index (χ1) is 8.22. The highest BCUT2D eigenvalue weighted by atomic mass is 16.5. The van der Waals surface area contributed by atoms with E-state index in [-0.39, 0.29) is 11.5 Å². The SMILES string of the molecule is CCOC(=O)c1occc1-c1cccc(O)c1. The van der Waals surface area contributed by atoms with Gasteiger partial charge in [0.2, 0.25) is 5.76 Å². The van der Waals surface area contributed by atoms with Gasteiger partial charge in [-0.05, 0) is 30.7 Å². The van der Waals surface area contributed by atoms with Crippen molar-refractivity contribution in [3.63, 3.8) is 0 Å². The fraction of sp³-hybridized carbons (Fsp3) is 0.154. The van der Waals surface area contributed by atoms with Crippen molar-refractivity contribution in [2.75, 3.05) is 6.61 Å². The summed E-state index contributed by atoms with van der Waals surface area (Å²) in [5, 5.41) is 9.40. The number of carbonyl (C=O) groups is 1. The second-order valence-electron chi connectivity index (χ2n) is 3.43. The number of phenolic OH excluding ortho intramolecular Hbond substituents is 1. The summed E-state index contributed by atoms with van der Waals surface area (Å²) < 4.78 is 10.0. The summed E-state index contributed by atoms with van der Waals surface area (Å²) in [4.78, 5) is 11.6. The van der Waals surface area contributed by atoms with E-state index in [1.807, 2.05) is 0 Å². The number of hydrogen-bond donors (Lipinski definition) is 1. The van der Waals surface area contributed by atoms with Crippen molar-refractivity contribution in [2.24, 2.45) is 0 Å². The monoisotopic (exact) mass is 232 g/mol. The molecule has 1 heterocycles. The number of aromatic hydroxyl groups is 1. The molecular weight excluding hydrogens is 220 g/mol. The van der Waals surface area contributed by atoms with Gasteiger partial charge in [0, 0.05) is 5.56 Å². The van der Waals surface area contributed by atoms with E-state index in [1.165, 1.54) is 6.26 Å². The third-order valence-electron chi connectivity index (χ3n) is 2.28. The second kappa shape index (κ2) is 4.74. The molecule has 2 aromatic rings. The molecule has 88 valence electrons. The van der Waals surface area contributed by atoms with E-state index in [4.69, 9.17) is 9.15 Å². The quantitative estimate of drug-likeness (QED) is 0.826. The maximum Gasteiger partial charge on any atom is 0.374 e. The van der Waals surface area contributed by atoms with Gasteiger partial charge in [-0.25, -0.2) is 4.79 Å². The van der Waals surface area contributed by atoms with Crippen LogP contribution in [0.4, 0.5) is 0 Å². The second-order valence-corrected chi connectivity index (χ2v) is 3.43. The lowest BCUT2D eigenvalue weighted by atomic mass is 10.1. The van der Waals surface area contributed by atoms with E-state index in [1.54, 1.807) is 37.3 Å². The van der Waals surface area contributed by atoms with Crippen LogP contribution in [0.3, 0.4) is 0 Å². The summed E-state index contributed by atoms with van der Waals surface area (Å²) in [6, 6.07) is 8.28. The number of furan rings is 1. The van der Waals surface area contributed by atoms with Crippen LogP contribution in [0, 0.1) is 0 Å². The van der Waals surface area contributed by atoms with Crippen molar-refractivity contribution in [1.29, 1.82) is 0 Å². The van der Waals surface area contributed by atoms with Gasteiger partial charge in [0.1, 0.15) is 5.75 Å². The van der Waals surface area contributed by atoms with Crippen LogP contribution in [0.15, 0.2) is 41.0 Å². The maximum atomic E-state index is 11.6. The van der Waals surface area contributed by atoms with Crippen LogP contribution < -0.4 is 0 Å². The first kappa shape index (κ1) is 11.3. The van der Waals surface area contributed by atoms with E-state index in [0.717, 1.165) is 0 Å². The fourth-order valence-corrected chi connectivity index (χ4v) is 1.56. The smallest absolute Gasteiger partial charge is 0.374 e. The molecule has 1 aromatic heterocycles. The Morgan fingerprint density at radius 2 is 2.24 bits per heavy atom. The van der Waals surface area contributed by atoms with Gasteiger partial charge >= 0.3 is 5.97 Å². The molecule has 0 radical (unpaired) electrons. The van der Waals surface area contributed by atoms with Gasteiger partial charge in [0.25, 0.3) is 0 Å². The molecule has 4 nitrogen and oxygen atoms in total. The fourth-order valence-electron chi connectivity index (χ4n) is 1.56. The molecule has 2 rings (SSSR count). The normalized spacial score (nSPS) is 10.2. The Kier molecular flexibility index (Phi) is 3.14. The Hall–Kier alpha value is -2.23. The highest BCUT2D eigenvalue weighted by Gasteiger charge is 2.17. The molecule has 0 aliphatic rings. The number of phenols is 1. The van der Waals surface area contributed by atoms with Crippen LogP contribution in [0.5, 0.6) is 5.75 Å². The number of hydrogen-bond acceptors (Lipinski definition) is 4. The van der Waals surface area contributed by atoms with Crippen molar-refractivity contribution < 1.29 is 19.1 Å². The zero-order valence-electron chi connectivity index (χ0n) is 9.34. The molecule has 0 saturated carbocycles. The summed E-state index contributed by atoms with van der Waals surface area (Å²) in [5.74, 6) is -0.216. The lowest BCUT2D eigenvalue weighted by molar-refractivity contribution is 0.0491. The van der Waals surface area contributed by atoms with Gasteiger partial charge in [0.05, 0.1) is 12.9 Å². The molecule has 0 unspecified atom stereocenters. The summed E-state index contributed by atoms with van der Waals surface area (Å²) in [7, 11) is 0. The Labute approximate surface area is 98.4 Å². The van der Waals surface area contributed by atoms with E-state index in [0.29, 0.717) is 17.7 Å². The van der Waals surface area contributed by atoms with Crippen molar-refractivity contribution in [1.82, 2.24) is 0 Å². The lowest BCUT2D eigenvalue weighted by Crippen LogP contribution is -2.04. The number of benzene rings is 1.